The number of ether oxygens (including phenoxy) is 2. The van der Waals surface area contributed by atoms with Gasteiger partial charge in [-0.2, -0.15) is 4.99 Å². The molecular formula is C24H24N4O6. The number of fused-ring (bicyclic) bond motifs is 2. The minimum atomic E-state index is -0.704. The molecule has 10 heteroatoms. The molecule has 0 aliphatic carbocycles. The lowest BCUT2D eigenvalue weighted by Gasteiger charge is -2.15. The number of carbonyl (C=O) groups excluding carboxylic acids is 2. The van der Waals surface area contributed by atoms with Gasteiger partial charge in [-0.1, -0.05) is 6.07 Å². The molecule has 0 N–H and O–H groups in total. The second-order valence-electron chi connectivity index (χ2n) is 7.53. The summed E-state index contributed by atoms with van der Waals surface area (Å²) in [6.07, 6.45) is 3.50. The van der Waals surface area contributed by atoms with Crippen molar-refractivity contribution in [2.75, 3.05) is 20.3 Å². The molecular weight excluding hydrogens is 440 g/mol. The van der Waals surface area contributed by atoms with E-state index in [4.69, 9.17) is 18.9 Å². The van der Waals surface area contributed by atoms with Crippen molar-refractivity contribution in [2.45, 2.75) is 26.8 Å². The molecule has 0 spiro atoms. The van der Waals surface area contributed by atoms with E-state index in [-0.39, 0.29) is 40.9 Å². The number of pyridine rings is 2. The molecule has 176 valence electrons. The van der Waals surface area contributed by atoms with Gasteiger partial charge in [0, 0.05) is 26.5 Å². The highest BCUT2D eigenvalue weighted by Gasteiger charge is 2.21. The van der Waals surface area contributed by atoms with Crippen LogP contribution in [-0.2, 0) is 16.0 Å². The maximum atomic E-state index is 13.4. The Morgan fingerprint density at radius 1 is 1.21 bits per heavy atom. The molecule has 0 saturated carbocycles. The van der Waals surface area contributed by atoms with Crippen LogP contribution in [0.3, 0.4) is 0 Å². The van der Waals surface area contributed by atoms with Crippen molar-refractivity contribution in [1.82, 2.24) is 14.0 Å². The Morgan fingerprint density at radius 3 is 2.74 bits per heavy atom. The lowest BCUT2D eigenvalue weighted by atomic mass is 10.2. The average Bonchev–Trinajstić information content (AvgIpc) is 3.36. The Kier molecular flexibility index (Phi) is 6.69. The molecule has 0 radical (unpaired) electrons. The van der Waals surface area contributed by atoms with E-state index in [2.05, 4.69) is 4.99 Å². The standard InChI is InChI=1S/C24H24N4O6/c1-4-33-24(31)17-14-16-20(25-19-15(2)8-5-10-28(19)23(16)30)27(11-7-12-32-3)21(17)26-22(29)18-9-6-13-34-18/h5-6,8-10,13-14H,4,7,11-12H2,1-3H3. The third-order valence-electron chi connectivity index (χ3n) is 5.27. The maximum absolute atomic E-state index is 13.4. The van der Waals surface area contributed by atoms with Crippen molar-refractivity contribution in [3.05, 3.63) is 75.5 Å². The number of aryl methyl sites for hydroxylation is 2. The summed E-state index contributed by atoms with van der Waals surface area (Å²) in [6.45, 7) is 4.33. The highest BCUT2D eigenvalue weighted by atomic mass is 16.5. The molecule has 0 aliphatic heterocycles. The van der Waals surface area contributed by atoms with E-state index in [0.29, 0.717) is 24.3 Å². The molecule has 10 nitrogen and oxygen atoms in total. The third-order valence-corrected chi connectivity index (χ3v) is 5.27. The summed E-state index contributed by atoms with van der Waals surface area (Å²) in [6, 6.07) is 8.04. The number of aromatic nitrogens is 3. The smallest absolute Gasteiger partial charge is 0.341 e. The summed E-state index contributed by atoms with van der Waals surface area (Å²) in [7, 11) is 1.57. The van der Waals surface area contributed by atoms with Crippen LogP contribution in [0.25, 0.3) is 16.7 Å². The predicted molar refractivity (Wildman–Crippen MR) is 123 cm³/mol. The molecule has 4 rings (SSSR count). The highest BCUT2D eigenvalue weighted by molar-refractivity contribution is 5.95. The molecule has 4 aromatic heterocycles. The molecule has 0 unspecified atom stereocenters. The van der Waals surface area contributed by atoms with Gasteiger partial charge in [0.15, 0.2) is 11.2 Å². The SMILES string of the molecule is CCOC(=O)c1cc2c(=O)n3cccc(C)c3nc2n(CCCOC)c1=NC(=O)c1ccco1. The number of furan rings is 1. The van der Waals surface area contributed by atoms with E-state index in [1.54, 1.807) is 36.9 Å². The molecule has 34 heavy (non-hydrogen) atoms. The molecule has 0 bridgehead atoms. The third kappa shape index (κ3) is 4.27. The van der Waals surface area contributed by atoms with Gasteiger partial charge in [-0.25, -0.2) is 9.78 Å². The first-order valence-corrected chi connectivity index (χ1v) is 10.8. The fraction of sp³-hybridized carbons (Fsp3) is 0.292. The van der Waals surface area contributed by atoms with E-state index >= 15 is 0 Å². The van der Waals surface area contributed by atoms with Crippen LogP contribution in [0.4, 0.5) is 0 Å². The normalized spacial score (nSPS) is 11.9. The van der Waals surface area contributed by atoms with E-state index in [9.17, 15) is 14.4 Å². The van der Waals surface area contributed by atoms with Crippen molar-refractivity contribution >= 4 is 28.6 Å². The summed E-state index contributed by atoms with van der Waals surface area (Å²) in [5.74, 6) is -1.37. The Morgan fingerprint density at radius 2 is 2.03 bits per heavy atom. The average molecular weight is 464 g/mol. The molecule has 1 amide bonds. The molecule has 0 atom stereocenters. The summed E-state index contributed by atoms with van der Waals surface area (Å²) in [4.78, 5) is 48.1. The van der Waals surface area contributed by atoms with Gasteiger partial charge in [0.25, 0.3) is 5.56 Å². The first kappa shape index (κ1) is 23.1. The fourth-order valence-electron chi connectivity index (χ4n) is 3.70. The van der Waals surface area contributed by atoms with Crippen LogP contribution in [0, 0.1) is 6.92 Å². The monoisotopic (exact) mass is 464 g/mol. The van der Waals surface area contributed by atoms with Gasteiger partial charge >= 0.3 is 11.9 Å². The zero-order chi connectivity index (χ0) is 24.2. The summed E-state index contributed by atoms with van der Waals surface area (Å²) >= 11 is 0. The van der Waals surface area contributed by atoms with E-state index < -0.39 is 11.9 Å². The lowest BCUT2D eigenvalue weighted by molar-refractivity contribution is 0.0523. The lowest BCUT2D eigenvalue weighted by Crippen LogP contribution is -2.33. The number of carbonyl (C=O) groups is 2. The van der Waals surface area contributed by atoms with E-state index in [1.165, 1.54) is 22.8 Å². The van der Waals surface area contributed by atoms with Crippen LogP contribution in [0.1, 0.15) is 39.8 Å². The zero-order valence-corrected chi connectivity index (χ0v) is 19.1. The number of amides is 1. The number of hydrogen-bond acceptors (Lipinski definition) is 7. The van der Waals surface area contributed by atoms with Gasteiger partial charge in [0.1, 0.15) is 16.9 Å². The van der Waals surface area contributed by atoms with Gasteiger partial charge in [-0.15, -0.1) is 0 Å². The van der Waals surface area contributed by atoms with Gasteiger partial charge in [-0.3, -0.25) is 14.0 Å². The number of nitrogens with zero attached hydrogens (tertiary/aromatic N) is 4. The second kappa shape index (κ2) is 9.84. The van der Waals surface area contributed by atoms with Crippen LogP contribution >= 0.6 is 0 Å². The summed E-state index contributed by atoms with van der Waals surface area (Å²) in [5, 5.41) is 0.202. The Balaban J connectivity index is 2.13. The van der Waals surface area contributed by atoms with Crippen LogP contribution in [-0.4, -0.2) is 46.2 Å². The molecule has 0 saturated heterocycles. The maximum Gasteiger partial charge on any atom is 0.341 e. The quantitative estimate of drug-likeness (QED) is 0.234. The van der Waals surface area contributed by atoms with Crippen LogP contribution in [0.15, 0.2) is 57.0 Å². The van der Waals surface area contributed by atoms with Crippen molar-refractivity contribution in [3.8, 4) is 0 Å². The number of hydrogen-bond donors (Lipinski definition) is 0. The number of rotatable bonds is 7. The van der Waals surface area contributed by atoms with E-state index in [1.807, 2.05) is 13.0 Å². The second-order valence-corrected chi connectivity index (χ2v) is 7.53. The van der Waals surface area contributed by atoms with Crippen LogP contribution < -0.4 is 11.0 Å². The van der Waals surface area contributed by atoms with Crippen molar-refractivity contribution in [2.24, 2.45) is 4.99 Å². The predicted octanol–water partition coefficient (Wildman–Crippen LogP) is 2.50. The highest BCUT2D eigenvalue weighted by Crippen LogP contribution is 2.14. The first-order chi connectivity index (χ1) is 16.5. The zero-order valence-electron chi connectivity index (χ0n) is 19.1. The minimum absolute atomic E-state index is 0.0146. The summed E-state index contributed by atoms with van der Waals surface area (Å²) < 4.78 is 18.6. The summed E-state index contributed by atoms with van der Waals surface area (Å²) in [5.41, 5.74) is 1.23. The minimum Gasteiger partial charge on any atom is -0.462 e. The number of esters is 1. The van der Waals surface area contributed by atoms with Gasteiger partial charge in [-0.05, 0) is 50.1 Å². The first-order valence-electron chi connectivity index (χ1n) is 10.8. The molecule has 0 fully saturated rings. The molecule has 4 heterocycles. The Hall–Kier alpha value is -4.05. The van der Waals surface area contributed by atoms with Crippen molar-refractivity contribution in [3.63, 3.8) is 0 Å². The Bertz CT molecular complexity index is 1500. The van der Waals surface area contributed by atoms with Crippen LogP contribution in [0.5, 0.6) is 0 Å². The topological polar surface area (TPSA) is 117 Å². The van der Waals surface area contributed by atoms with E-state index in [0.717, 1.165) is 5.56 Å². The van der Waals surface area contributed by atoms with Gasteiger partial charge < -0.3 is 18.5 Å². The van der Waals surface area contributed by atoms with Crippen molar-refractivity contribution in [1.29, 1.82) is 0 Å². The molecule has 4 aromatic rings. The van der Waals surface area contributed by atoms with Crippen LogP contribution in [0.2, 0.25) is 0 Å². The van der Waals surface area contributed by atoms with Gasteiger partial charge in [0.2, 0.25) is 0 Å². The number of methoxy groups -OCH3 is 1. The van der Waals surface area contributed by atoms with Crippen molar-refractivity contribution < 1.29 is 23.5 Å². The van der Waals surface area contributed by atoms with Gasteiger partial charge in [0.05, 0.1) is 18.3 Å². The molecule has 0 aliphatic rings. The fourth-order valence-corrected chi connectivity index (χ4v) is 3.70. The molecule has 0 aromatic carbocycles. The Labute approximate surface area is 194 Å². The largest absolute Gasteiger partial charge is 0.462 e.